The van der Waals surface area contributed by atoms with Gasteiger partial charge in [0.05, 0.1) is 11.6 Å². The van der Waals surface area contributed by atoms with E-state index in [4.69, 9.17) is 9.47 Å². The van der Waals surface area contributed by atoms with Gasteiger partial charge in [-0.3, -0.25) is 14.6 Å². The summed E-state index contributed by atoms with van der Waals surface area (Å²) in [7, 11) is 1.59. The molecule has 30 heavy (non-hydrogen) atoms. The Hall–Kier alpha value is -3.19. The highest BCUT2D eigenvalue weighted by molar-refractivity contribution is 6.46. The number of methoxy groups -OCH3 is 1. The molecule has 2 aliphatic heterocycles. The number of rotatable bonds is 6. The molecule has 2 aliphatic rings. The highest BCUT2D eigenvalue weighted by Crippen LogP contribution is 2.40. The summed E-state index contributed by atoms with van der Waals surface area (Å²) in [5, 5.41) is 11.1. The number of nitrogens with zero attached hydrogens (tertiary/aromatic N) is 2. The minimum atomic E-state index is -0.683. The van der Waals surface area contributed by atoms with Crippen molar-refractivity contribution >= 4 is 17.4 Å². The molecule has 7 nitrogen and oxygen atoms in total. The first kappa shape index (κ1) is 20.1. The van der Waals surface area contributed by atoms with Crippen LogP contribution in [0.2, 0.25) is 0 Å². The average molecular weight is 408 g/mol. The van der Waals surface area contributed by atoms with Crippen molar-refractivity contribution in [3.05, 3.63) is 65.0 Å². The van der Waals surface area contributed by atoms with E-state index in [1.54, 1.807) is 43.8 Å². The summed E-state index contributed by atoms with van der Waals surface area (Å²) in [6.07, 6.45) is 4.60. The third kappa shape index (κ3) is 3.57. The third-order valence-corrected chi connectivity index (χ3v) is 5.48. The molecule has 1 amide bonds. The fourth-order valence-corrected chi connectivity index (χ4v) is 4.11. The van der Waals surface area contributed by atoms with Crippen molar-refractivity contribution in [2.24, 2.45) is 0 Å². The molecular formula is C23H24N2O5. The van der Waals surface area contributed by atoms with E-state index in [1.165, 1.54) is 4.90 Å². The molecule has 0 bridgehead atoms. The van der Waals surface area contributed by atoms with Gasteiger partial charge < -0.3 is 19.5 Å². The van der Waals surface area contributed by atoms with Crippen LogP contribution in [0.3, 0.4) is 0 Å². The third-order valence-electron chi connectivity index (χ3n) is 5.48. The van der Waals surface area contributed by atoms with Crippen molar-refractivity contribution in [1.29, 1.82) is 0 Å². The maximum absolute atomic E-state index is 13.0. The molecule has 1 fully saturated rings. The van der Waals surface area contributed by atoms with E-state index in [0.29, 0.717) is 25.1 Å². The highest BCUT2D eigenvalue weighted by atomic mass is 16.5. The first-order valence-electron chi connectivity index (χ1n) is 9.98. The van der Waals surface area contributed by atoms with Gasteiger partial charge in [0.15, 0.2) is 0 Å². The lowest BCUT2D eigenvalue weighted by Gasteiger charge is -2.25. The number of aliphatic hydroxyl groups is 1. The number of hydrogen-bond donors (Lipinski definition) is 1. The maximum atomic E-state index is 13.0. The predicted octanol–water partition coefficient (Wildman–Crippen LogP) is 2.86. The number of benzene rings is 1. The first-order chi connectivity index (χ1) is 14.5. The smallest absolute Gasteiger partial charge is 0.295 e. The van der Waals surface area contributed by atoms with Crippen LogP contribution in [0, 0.1) is 0 Å². The van der Waals surface area contributed by atoms with E-state index in [9.17, 15) is 14.7 Å². The molecule has 1 aromatic carbocycles. The normalized spacial score (nSPS) is 22.3. The Morgan fingerprint density at radius 3 is 2.77 bits per heavy atom. The van der Waals surface area contributed by atoms with Gasteiger partial charge in [-0.25, -0.2) is 0 Å². The fourth-order valence-electron chi connectivity index (χ4n) is 4.11. The quantitative estimate of drug-likeness (QED) is 0.342. The molecule has 156 valence electrons. The number of carbonyl (C=O) groups excluding carboxylic acids is 2. The number of carbonyl (C=O) groups is 2. The molecule has 7 heteroatoms. The van der Waals surface area contributed by atoms with Crippen LogP contribution in [0.4, 0.5) is 0 Å². The van der Waals surface area contributed by atoms with E-state index in [-0.39, 0.29) is 17.4 Å². The Labute approximate surface area is 174 Å². The number of ether oxygens (including phenoxy) is 2. The van der Waals surface area contributed by atoms with Gasteiger partial charge in [0.25, 0.3) is 11.7 Å². The largest absolute Gasteiger partial charge is 0.507 e. The van der Waals surface area contributed by atoms with Gasteiger partial charge in [-0.2, -0.15) is 0 Å². The van der Waals surface area contributed by atoms with Crippen molar-refractivity contribution in [1.82, 2.24) is 9.88 Å². The molecular weight excluding hydrogens is 384 g/mol. The fraction of sp³-hybridized carbons (Fsp3) is 0.348. The topological polar surface area (TPSA) is 89.0 Å². The van der Waals surface area contributed by atoms with Crippen LogP contribution in [0.5, 0.6) is 5.75 Å². The summed E-state index contributed by atoms with van der Waals surface area (Å²) in [6, 6.07) is 8.18. The molecule has 1 aromatic heterocycles. The van der Waals surface area contributed by atoms with Gasteiger partial charge in [-0.15, -0.1) is 0 Å². The maximum Gasteiger partial charge on any atom is 0.295 e. The Morgan fingerprint density at radius 2 is 2.03 bits per heavy atom. The van der Waals surface area contributed by atoms with Crippen molar-refractivity contribution in [2.45, 2.75) is 31.9 Å². The van der Waals surface area contributed by atoms with Crippen LogP contribution >= 0.6 is 0 Å². The number of Topliss-reactive ketones (excluding diaryl/α,β-unsaturated/α-hetero) is 1. The monoisotopic (exact) mass is 408 g/mol. The number of ketones is 1. The number of pyridine rings is 1. The molecule has 1 N–H and O–H groups in total. The number of aromatic nitrogens is 1. The average Bonchev–Trinajstić information content (AvgIpc) is 3.25. The number of amides is 1. The minimum absolute atomic E-state index is 0.0700. The first-order valence-corrected chi connectivity index (χ1v) is 9.98. The second-order valence-corrected chi connectivity index (χ2v) is 7.57. The van der Waals surface area contributed by atoms with Gasteiger partial charge in [0.2, 0.25) is 0 Å². The zero-order valence-electron chi connectivity index (χ0n) is 17.0. The zero-order chi connectivity index (χ0) is 21.3. The van der Waals surface area contributed by atoms with Crippen LogP contribution in [-0.2, 0) is 20.7 Å². The van der Waals surface area contributed by atoms with Crippen molar-refractivity contribution in [3.63, 3.8) is 0 Å². The molecule has 0 aliphatic carbocycles. The standard InChI is InChI=1S/C23H24N2O5/c1-14-12-17-13-16(4-5-18(17)30-14)21(26)19-20(15-6-8-24-9-7-15)25(10-3-11-29-2)23(28)22(19)27/h4-9,13-14,20,26H,3,10-12H2,1-2H3/b21-19+. The second-order valence-electron chi connectivity index (χ2n) is 7.57. The number of aliphatic hydroxyl groups excluding tert-OH is 1. The Balaban J connectivity index is 1.78. The molecule has 0 saturated carbocycles. The summed E-state index contributed by atoms with van der Waals surface area (Å²) in [6.45, 7) is 2.79. The van der Waals surface area contributed by atoms with E-state index < -0.39 is 17.7 Å². The Morgan fingerprint density at radius 1 is 1.27 bits per heavy atom. The molecule has 2 unspecified atom stereocenters. The van der Waals surface area contributed by atoms with Crippen LogP contribution in [0.25, 0.3) is 5.76 Å². The molecule has 3 heterocycles. The Bertz CT molecular complexity index is 1000. The van der Waals surface area contributed by atoms with Gasteiger partial charge in [0, 0.05) is 44.6 Å². The van der Waals surface area contributed by atoms with Crippen LogP contribution in [-0.4, -0.2) is 53.0 Å². The van der Waals surface area contributed by atoms with E-state index in [2.05, 4.69) is 4.98 Å². The predicted molar refractivity (Wildman–Crippen MR) is 110 cm³/mol. The van der Waals surface area contributed by atoms with Crippen LogP contribution in [0.1, 0.15) is 36.1 Å². The van der Waals surface area contributed by atoms with Crippen molar-refractivity contribution < 1.29 is 24.2 Å². The molecule has 0 radical (unpaired) electrons. The van der Waals surface area contributed by atoms with Crippen molar-refractivity contribution in [2.75, 3.05) is 20.3 Å². The van der Waals surface area contributed by atoms with E-state index in [1.807, 2.05) is 13.0 Å². The summed E-state index contributed by atoms with van der Waals surface area (Å²) >= 11 is 0. The lowest BCUT2D eigenvalue weighted by Crippen LogP contribution is -2.31. The molecule has 0 spiro atoms. The van der Waals surface area contributed by atoms with E-state index >= 15 is 0 Å². The Kier molecular flexibility index (Phi) is 5.55. The zero-order valence-corrected chi connectivity index (χ0v) is 17.0. The van der Waals surface area contributed by atoms with Gasteiger partial charge in [0.1, 0.15) is 17.6 Å². The molecule has 2 aromatic rings. The van der Waals surface area contributed by atoms with Crippen LogP contribution in [0.15, 0.2) is 48.3 Å². The van der Waals surface area contributed by atoms with Crippen LogP contribution < -0.4 is 4.74 Å². The highest BCUT2D eigenvalue weighted by Gasteiger charge is 2.45. The summed E-state index contributed by atoms with van der Waals surface area (Å²) in [5.74, 6) is -0.694. The summed E-state index contributed by atoms with van der Waals surface area (Å²) < 4.78 is 10.8. The van der Waals surface area contributed by atoms with Gasteiger partial charge in [-0.1, -0.05) is 0 Å². The second kappa shape index (κ2) is 8.28. The number of hydrogen-bond acceptors (Lipinski definition) is 6. The number of fused-ring (bicyclic) bond motifs is 1. The van der Waals surface area contributed by atoms with Crippen molar-refractivity contribution in [3.8, 4) is 5.75 Å². The van der Waals surface area contributed by atoms with Gasteiger partial charge in [-0.05, 0) is 54.8 Å². The molecule has 1 saturated heterocycles. The summed E-state index contributed by atoms with van der Waals surface area (Å²) in [4.78, 5) is 31.3. The minimum Gasteiger partial charge on any atom is -0.507 e. The lowest BCUT2D eigenvalue weighted by molar-refractivity contribution is -0.140. The molecule has 4 rings (SSSR count). The van der Waals surface area contributed by atoms with Gasteiger partial charge >= 0.3 is 0 Å². The number of likely N-dealkylation sites (tertiary alicyclic amines) is 1. The molecule has 2 atom stereocenters. The van der Waals surface area contributed by atoms with E-state index in [0.717, 1.165) is 23.3 Å². The summed E-state index contributed by atoms with van der Waals surface area (Å²) in [5.41, 5.74) is 2.29. The SMILES string of the molecule is COCCCN1C(=O)C(=O)/C(=C(/O)c2ccc3c(c2)CC(C)O3)C1c1ccncc1. The lowest BCUT2D eigenvalue weighted by atomic mass is 9.95.